The van der Waals surface area contributed by atoms with Gasteiger partial charge in [-0.05, 0) is 55.4 Å². The number of benzene rings is 2. The van der Waals surface area contributed by atoms with E-state index in [-0.39, 0.29) is 11.9 Å². The molecule has 2 N–H and O–H groups in total. The van der Waals surface area contributed by atoms with E-state index in [0.29, 0.717) is 11.5 Å². The van der Waals surface area contributed by atoms with Crippen molar-refractivity contribution in [2.45, 2.75) is 25.8 Å². The summed E-state index contributed by atoms with van der Waals surface area (Å²) in [5, 5.41) is 7.05. The molecular weight excluding hydrogens is 318 g/mol. The minimum atomic E-state index is 0.132. The smallest absolute Gasteiger partial charge is 0.227 e. The van der Waals surface area contributed by atoms with Gasteiger partial charge < -0.3 is 15.5 Å². The largest absolute Gasteiger partial charge is 0.356 e. The van der Waals surface area contributed by atoms with Crippen LogP contribution < -0.4 is 15.5 Å². The molecule has 0 spiro atoms. The zero-order valence-corrected chi connectivity index (χ0v) is 14.5. The Morgan fingerprint density at radius 3 is 2.46 bits per heavy atom. The van der Waals surface area contributed by atoms with Crippen molar-refractivity contribution < 1.29 is 4.79 Å². The second-order valence-electron chi connectivity index (χ2n) is 5.93. The Morgan fingerprint density at radius 2 is 1.83 bits per heavy atom. The van der Waals surface area contributed by atoms with Crippen LogP contribution in [-0.2, 0) is 4.79 Å². The van der Waals surface area contributed by atoms with Gasteiger partial charge in [-0.3, -0.25) is 4.79 Å². The number of hydrogen-bond acceptors (Lipinski definition) is 2. The molecule has 1 aliphatic heterocycles. The number of thiocarbonyl (C=S) groups is 1. The molecule has 24 heavy (non-hydrogen) atoms. The van der Waals surface area contributed by atoms with Gasteiger partial charge in [0, 0.05) is 24.3 Å². The van der Waals surface area contributed by atoms with Crippen LogP contribution in [0.15, 0.2) is 54.6 Å². The molecular formula is C19H21N3OS. The number of amides is 1. The predicted molar refractivity (Wildman–Crippen MR) is 102 cm³/mol. The van der Waals surface area contributed by atoms with Crippen molar-refractivity contribution in [1.82, 2.24) is 5.32 Å². The second kappa shape index (κ2) is 7.45. The van der Waals surface area contributed by atoms with E-state index >= 15 is 0 Å². The third-order valence-electron chi connectivity index (χ3n) is 4.16. The lowest BCUT2D eigenvalue weighted by atomic mass is 10.1. The van der Waals surface area contributed by atoms with E-state index in [1.807, 2.05) is 47.4 Å². The second-order valence-corrected chi connectivity index (χ2v) is 6.33. The number of carbonyl (C=O) groups excluding carboxylic acids is 1. The highest BCUT2D eigenvalue weighted by molar-refractivity contribution is 7.80. The van der Waals surface area contributed by atoms with Crippen molar-refractivity contribution in [3.05, 3.63) is 60.2 Å². The lowest BCUT2D eigenvalue weighted by molar-refractivity contribution is -0.117. The molecule has 0 aliphatic carbocycles. The molecule has 1 fully saturated rings. The molecule has 2 aromatic rings. The Hall–Kier alpha value is -2.40. The number of nitrogens with zero attached hydrogens (tertiary/aromatic N) is 1. The Balaban J connectivity index is 1.57. The van der Waals surface area contributed by atoms with Gasteiger partial charge in [-0.1, -0.05) is 30.3 Å². The van der Waals surface area contributed by atoms with Gasteiger partial charge in [0.05, 0.1) is 6.04 Å². The summed E-state index contributed by atoms with van der Waals surface area (Å²) in [5.41, 5.74) is 3.03. The van der Waals surface area contributed by atoms with Crippen LogP contribution in [0.3, 0.4) is 0 Å². The van der Waals surface area contributed by atoms with Crippen LogP contribution >= 0.6 is 12.2 Å². The minimum Gasteiger partial charge on any atom is -0.356 e. The lowest BCUT2D eigenvalue weighted by Crippen LogP contribution is -2.30. The zero-order valence-electron chi connectivity index (χ0n) is 13.7. The van der Waals surface area contributed by atoms with Crippen LogP contribution in [-0.4, -0.2) is 17.6 Å². The summed E-state index contributed by atoms with van der Waals surface area (Å²) in [6, 6.07) is 18.1. The summed E-state index contributed by atoms with van der Waals surface area (Å²) in [6.07, 6.45) is 1.58. The molecule has 1 aliphatic rings. The molecule has 0 radical (unpaired) electrons. The summed E-state index contributed by atoms with van der Waals surface area (Å²) in [5.74, 6) is 0.199. The van der Waals surface area contributed by atoms with E-state index in [4.69, 9.17) is 12.2 Å². The van der Waals surface area contributed by atoms with Gasteiger partial charge >= 0.3 is 0 Å². The lowest BCUT2D eigenvalue weighted by Gasteiger charge is -2.19. The quantitative estimate of drug-likeness (QED) is 0.830. The first-order valence-corrected chi connectivity index (χ1v) is 8.57. The maximum Gasteiger partial charge on any atom is 0.227 e. The third-order valence-corrected chi connectivity index (χ3v) is 4.38. The third kappa shape index (κ3) is 3.92. The zero-order chi connectivity index (χ0) is 16.9. The van der Waals surface area contributed by atoms with Crippen LogP contribution in [0, 0.1) is 0 Å². The van der Waals surface area contributed by atoms with E-state index in [1.54, 1.807) is 0 Å². The fourth-order valence-corrected chi connectivity index (χ4v) is 3.13. The molecule has 0 aromatic heterocycles. The molecule has 3 rings (SSSR count). The monoisotopic (exact) mass is 339 g/mol. The molecule has 4 nitrogen and oxygen atoms in total. The Labute approximate surface area is 147 Å². The number of nitrogens with one attached hydrogen (secondary N) is 2. The average Bonchev–Trinajstić information content (AvgIpc) is 3.02. The van der Waals surface area contributed by atoms with E-state index in [1.165, 1.54) is 5.56 Å². The summed E-state index contributed by atoms with van der Waals surface area (Å²) in [4.78, 5) is 13.6. The van der Waals surface area contributed by atoms with Gasteiger partial charge in [-0.25, -0.2) is 0 Å². The normalized spacial score (nSPS) is 15.2. The topological polar surface area (TPSA) is 44.4 Å². The van der Waals surface area contributed by atoms with E-state index < -0.39 is 0 Å². The predicted octanol–water partition coefficient (Wildman–Crippen LogP) is 3.86. The first-order valence-electron chi connectivity index (χ1n) is 8.16. The van der Waals surface area contributed by atoms with E-state index in [9.17, 15) is 4.79 Å². The van der Waals surface area contributed by atoms with E-state index in [2.05, 4.69) is 29.7 Å². The van der Waals surface area contributed by atoms with Gasteiger partial charge in [0.2, 0.25) is 5.91 Å². The first kappa shape index (κ1) is 16.5. The first-order chi connectivity index (χ1) is 11.6. The molecule has 124 valence electrons. The van der Waals surface area contributed by atoms with Crippen molar-refractivity contribution in [2.24, 2.45) is 0 Å². The van der Waals surface area contributed by atoms with Gasteiger partial charge in [0.25, 0.3) is 0 Å². The van der Waals surface area contributed by atoms with Gasteiger partial charge in [-0.2, -0.15) is 0 Å². The van der Waals surface area contributed by atoms with Crippen LogP contribution in [0.25, 0.3) is 0 Å². The fourth-order valence-electron chi connectivity index (χ4n) is 2.83. The number of hydrogen-bond donors (Lipinski definition) is 2. The molecule has 1 amide bonds. The van der Waals surface area contributed by atoms with Crippen LogP contribution in [0.5, 0.6) is 0 Å². The molecule has 1 saturated heterocycles. The van der Waals surface area contributed by atoms with Crippen LogP contribution in [0.4, 0.5) is 11.4 Å². The molecule has 0 saturated carbocycles. The fraction of sp³-hybridized carbons (Fsp3) is 0.263. The summed E-state index contributed by atoms with van der Waals surface area (Å²) < 4.78 is 0. The number of carbonyl (C=O) groups is 1. The highest BCUT2D eigenvalue weighted by Gasteiger charge is 2.21. The summed E-state index contributed by atoms with van der Waals surface area (Å²) in [7, 11) is 0. The van der Waals surface area contributed by atoms with Crippen molar-refractivity contribution in [3.8, 4) is 0 Å². The molecule has 1 atom stereocenters. The highest BCUT2D eigenvalue weighted by Crippen LogP contribution is 2.23. The minimum absolute atomic E-state index is 0.132. The van der Waals surface area contributed by atoms with Crippen molar-refractivity contribution in [2.75, 3.05) is 16.8 Å². The number of rotatable bonds is 4. The van der Waals surface area contributed by atoms with E-state index in [0.717, 1.165) is 24.3 Å². The standard InChI is InChI=1S/C19H21N3OS/c1-14(15-6-3-2-4-7-15)20-19(24)21-16-9-11-17(12-10-16)22-13-5-8-18(22)23/h2-4,6-7,9-12,14H,5,8,13H2,1H3,(H2,20,21,24). The highest BCUT2D eigenvalue weighted by atomic mass is 32.1. The number of anilines is 2. The van der Waals surface area contributed by atoms with Crippen molar-refractivity contribution in [3.63, 3.8) is 0 Å². The summed E-state index contributed by atoms with van der Waals surface area (Å²) in [6.45, 7) is 2.88. The Bertz CT molecular complexity index is 715. The molecule has 1 heterocycles. The van der Waals surface area contributed by atoms with Crippen molar-refractivity contribution >= 4 is 34.6 Å². The molecule has 0 bridgehead atoms. The van der Waals surface area contributed by atoms with Crippen molar-refractivity contribution in [1.29, 1.82) is 0 Å². The summed E-state index contributed by atoms with van der Waals surface area (Å²) >= 11 is 5.38. The van der Waals surface area contributed by atoms with Crippen LogP contribution in [0.1, 0.15) is 31.4 Å². The molecule has 2 aromatic carbocycles. The SMILES string of the molecule is CC(NC(=S)Nc1ccc(N2CCCC2=O)cc1)c1ccccc1. The maximum atomic E-state index is 11.8. The van der Waals surface area contributed by atoms with Crippen LogP contribution in [0.2, 0.25) is 0 Å². The maximum absolute atomic E-state index is 11.8. The average molecular weight is 339 g/mol. The Morgan fingerprint density at radius 1 is 1.12 bits per heavy atom. The van der Waals surface area contributed by atoms with Gasteiger partial charge in [0.1, 0.15) is 0 Å². The molecule has 1 unspecified atom stereocenters. The van der Waals surface area contributed by atoms with Gasteiger partial charge in [0.15, 0.2) is 5.11 Å². The Kier molecular flexibility index (Phi) is 5.11. The van der Waals surface area contributed by atoms with Gasteiger partial charge in [-0.15, -0.1) is 0 Å². The molecule has 5 heteroatoms.